The maximum absolute atomic E-state index is 13.1. The lowest BCUT2D eigenvalue weighted by atomic mass is 9.75. The van der Waals surface area contributed by atoms with Crippen molar-refractivity contribution in [2.24, 2.45) is 17.8 Å². The van der Waals surface area contributed by atoms with Gasteiger partial charge in [-0.3, -0.25) is 14.2 Å². The minimum Gasteiger partial charge on any atom is -0.508 e. The molecule has 6 rings (SSSR count). The van der Waals surface area contributed by atoms with Crippen molar-refractivity contribution < 1.29 is 14.6 Å². The SMILES string of the molecule is COc1ccc(C2c3sc(=O)n(CC(=O)Nc4ccc(O)cc4)c3SC3C4CCC(C4)C23)cc1. The highest BCUT2D eigenvalue weighted by Gasteiger charge is 2.55. The quantitative estimate of drug-likeness (QED) is 0.493. The first-order valence-corrected chi connectivity index (χ1v) is 13.3. The number of aromatic nitrogens is 1. The van der Waals surface area contributed by atoms with Crippen LogP contribution in [0.25, 0.3) is 0 Å². The van der Waals surface area contributed by atoms with E-state index < -0.39 is 0 Å². The molecule has 2 aromatic carbocycles. The van der Waals surface area contributed by atoms with Crippen LogP contribution in [0.15, 0.2) is 58.4 Å². The Balaban J connectivity index is 1.35. The summed E-state index contributed by atoms with van der Waals surface area (Å²) in [6.07, 6.45) is 3.81. The predicted octanol–water partition coefficient (Wildman–Crippen LogP) is 4.92. The summed E-state index contributed by atoms with van der Waals surface area (Å²) in [5, 5.41) is 13.8. The van der Waals surface area contributed by atoms with Gasteiger partial charge in [-0.25, -0.2) is 0 Å². The number of carbonyl (C=O) groups excluding carboxylic acids is 1. The average molecular weight is 495 g/mol. The number of carbonyl (C=O) groups is 1. The highest BCUT2D eigenvalue weighted by atomic mass is 32.2. The Morgan fingerprint density at radius 1 is 1.12 bits per heavy atom. The zero-order chi connectivity index (χ0) is 23.4. The minimum absolute atomic E-state index is 0.0145. The molecule has 3 aromatic rings. The van der Waals surface area contributed by atoms with E-state index in [1.165, 1.54) is 48.3 Å². The van der Waals surface area contributed by atoms with Gasteiger partial charge in [-0.1, -0.05) is 23.5 Å². The van der Waals surface area contributed by atoms with Crippen LogP contribution in [0, 0.1) is 17.8 Å². The zero-order valence-electron chi connectivity index (χ0n) is 18.8. The summed E-state index contributed by atoms with van der Waals surface area (Å²) in [6.45, 7) is -0.0145. The molecule has 2 fully saturated rings. The van der Waals surface area contributed by atoms with Gasteiger partial charge in [0.1, 0.15) is 18.0 Å². The maximum atomic E-state index is 13.1. The van der Waals surface area contributed by atoms with Crippen molar-refractivity contribution in [1.82, 2.24) is 4.57 Å². The number of amides is 1. The van der Waals surface area contributed by atoms with Gasteiger partial charge in [-0.15, -0.1) is 11.8 Å². The van der Waals surface area contributed by atoms with Crippen LogP contribution >= 0.6 is 23.1 Å². The first-order chi connectivity index (χ1) is 16.5. The number of ether oxygens (including phenoxy) is 1. The molecule has 8 heteroatoms. The number of phenols is 1. The Hall–Kier alpha value is -2.71. The summed E-state index contributed by atoms with van der Waals surface area (Å²) in [6, 6.07) is 14.6. The molecule has 1 aromatic heterocycles. The number of rotatable bonds is 5. The fourth-order valence-corrected chi connectivity index (χ4v) is 9.31. The van der Waals surface area contributed by atoms with E-state index in [-0.39, 0.29) is 29.0 Å². The normalized spacial score (nSPS) is 26.7. The number of benzene rings is 2. The molecule has 0 radical (unpaired) electrons. The van der Waals surface area contributed by atoms with E-state index >= 15 is 0 Å². The smallest absolute Gasteiger partial charge is 0.308 e. The van der Waals surface area contributed by atoms with Crippen LogP contribution in [-0.2, 0) is 11.3 Å². The van der Waals surface area contributed by atoms with E-state index in [0.29, 0.717) is 28.7 Å². The number of nitrogens with one attached hydrogen (secondary N) is 1. The van der Waals surface area contributed by atoms with Crippen LogP contribution in [-0.4, -0.2) is 27.9 Å². The molecule has 1 aliphatic heterocycles. The third kappa shape index (κ3) is 3.64. The highest BCUT2D eigenvalue weighted by molar-refractivity contribution is 8.00. The third-order valence-corrected chi connectivity index (χ3v) is 10.4. The van der Waals surface area contributed by atoms with E-state index in [4.69, 9.17) is 4.74 Å². The van der Waals surface area contributed by atoms with Crippen LogP contribution in [0.2, 0.25) is 0 Å². The second-order valence-electron chi connectivity index (χ2n) is 9.46. The Bertz CT molecular complexity index is 1280. The fraction of sp³-hybridized carbons (Fsp3) is 0.385. The average Bonchev–Trinajstić information content (AvgIpc) is 3.54. The number of methoxy groups -OCH3 is 1. The van der Waals surface area contributed by atoms with Crippen molar-refractivity contribution in [3.63, 3.8) is 0 Å². The molecule has 2 aliphatic carbocycles. The van der Waals surface area contributed by atoms with Crippen molar-refractivity contribution in [2.45, 2.75) is 42.0 Å². The summed E-state index contributed by atoms with van der Waals surface area (Å²) in [5.74, 6) is 2.82. The van der Waals surface area contributed by atoms with Crippen LogP contribution in [0.1, 0.15) is 35.6 Å². The highest BCUT2D eigenvalue weighted by Crippen LogP contribution is 2.64. The number of aromatic hydroxyl groups is 1. The van der Waals surface area contributed by atoms with Crippen molar-refractivity contribution >= 4 is 34.7 Å². The number of nitrogens with zero attached hydrogens (tertiary/aromatic N) is 1. The summed E-state index contributed by atoms with van der Waals surface area (Å²) in [4.78, 5) is 27.0. The number of fused-ring (bicyclic) bond motifs is 6. The van der Waals surface area contributed by atoms with Gasteiger partial charge in [0.2, 0.25) is 5.91 Å². The Labute approximate surface area is 206 Å². The van der Waals surface area contributed by atoms with Gasteiger partial charge in [0.05, 0.1) is 12.1 Å². The monoisotopic (exact) mass is 494 g/mol. The number of hydrogen-bond acceptors (Lipinski definition) is 6. The Kier molecular flexibility index (Phi) is 5.45. The summed E-state index contributed by atoms with van der Waals surface area (Å²) in [7, 11) is 1.67. The molecule has 2 bridgehead atoms. The van der Waals surface area contributed by atoms with Crippen molar-refractivity contribution in [3.05, 3.63) is 68.6 Å². The Morgan fingerprint density at radius 2 is 1.85 bits per heavy atom. The standard InChI is InChI=1S/C26H26N2O4S2/c1-32-19-10-4-14(5-11-19)21-22-15-2-3-16(12-15)23(22)33-25-24(21)34-26(31)28(25)13-20(30)27-17-6-8-18(29)9-7-17/h4-11,15-16,21-23,29H,2-3,12-13H2,1H3,(H,27,30). The van der Waals surface area contributed by atoms with E-state index in [1.54, 1.807) is 23.8 Å². The van der Waals surface area contributed by atoms with Crippen LogP contribution in [0.4, 0.5) is 5.69 Å². The molecule has 0 spiro atoms. The fourth-order valence-electron chi connectivity index (χ4n) is 6.16. The van der Waals surface area contributed by atoms with Gasteiger partial charge in [0.25, 0.3) is 0 Å². The van der Waals surface area contributed by atoms with E-state index in [0.717, 1.165) is 15.7 Å². The molecule has 3 aliphatic rings. The van der Waals surface area contributed by atoms with Gasteiger partial charge in [0, 0.05) is 21.7 Å². The third-order valence-electron chi connectivity index (χ3n) is 7.62. The van der Waals surface area contributed by atoms with Crippen LogP contribution < -0.4 is 14.9 Å². The zero-order valence-corrected chi connectivity index (χ0v) is 20.4. The lowest BCUT2D eigenvalue weighted by molar-refractivity contribution is -0.116. The summed E-state index contributed by atoms with van der Waals surface area (Å²) in [5.41, 5.74) is 1.82. The molecule has 2 heterocycles. The summed E-state index contributed by atoms with van der Waals surface area (Å²) >= 11 is 3.13. The first-order valence-electron chi connectivity index (χ1n) is 11.6. The van der Waals surface area contributed by atoms with E-state index in [2.05, 4.69) is 17.4 Å². The molecule has 5 atom stereocenters. The number of thioether (sulfide) groups is 1. The largest absolute Gasteiger partial charge is 0.508 e. The molecule has 176 valence electrons. The molecule has 6 nitrogen and oxygen atoms in total. The predicted molar refractivity (Wildman–Crippen MR) is 134 cm³/mol. The number of phenolic OH excluding ortho intramolecular Hbond substituents is 1. The molecule has 5 unspecified atom stereocenters. The van der Waals surface area contributed by atoms with Crippen molar-refractivity contribution in [2.75, 3.05) is 12.4 Å². The van der Waals surface area contributed by atoms with Crippen molar-refractivity contribution in [3.8, 4) is 11.5 Å². The molecular weight excluding hydrogens is 468 g/mol. The topological polar surface area (TPSA) is 80.6 Å². The van der Waals surface area contributed by atoms with Gasteiger partial charge < -0.3 is 15.2 Å². The molecule has 34 heavy (non-hydrogen) atoms. The second kappa shape index (κ2) is 8.50. The van der Waals surface area contributed by atoms with Gasteiger partial charge in [0.15, 0.2) is 0 Å². The number of thiazole rings is 1. The second-order valence-corrected chi connectivity index (χ2v) is 11.6. The van der Waals surface area contributed by atoms with Gasteiger partial charge in [-0.05, 0) is 79.0 Å². The molecular formula is C26H26N2O4S2. The van der Waals surface area contributed by atoms with E-state index in [1.807, 2.05) is 23.9 Å². The number of anilines is 1. The number of hydrogen-bond donors (Lipinski definition) is 2. The summed E-state index contributed by atoms with van der Waals surface area (Å²) < 4.78 is 7.04. The van der Waals surface area contributed by atoms with Crippen molar-refractivity contribution in [1.29, 1.82) is 0 Å². The molecule has 0 saturated heterocycles. The van der Waals surface area contributed by atoms with Crippen LogP contribution in [0.3, 0.4) is 0 Å². The van der Waals surface area contributed by atoms with Crippen LogP contribution in [0.5, 0.6) is 11.5 Å². The lowest BCUT2D eigenvalue weighted by Gasteiger charge is -2.40. The van der Waals surface area contributed by atoms with Gasteiger partial charge >= 0.3 is 4.87 Å². The van der Waals surface area contributed by atoms with E-state index in [9.17, 15) is 14.7 Å². The molecule has 1 amide bonds. The minimum atomic E-state index is -0.245. The Morgan fingerprint density at radius 3 is 2.59 bits per heavy atom. The molecule has 2 N–H and O–H groups in total. The lowest BCUT2D eigenvalue weighted by Crippen LogP contribution is -2.34. The maximum Gasteiger partial charge on any atom is 0.308 e. The molecule has 2 saturated carbocycles. The first kappa shape index (κ1) is 21.8. The van der Waals surface area contributed by atoms with Gasteiger partial charge in [-0.2, -0.15) is 0 Å².